The Labute approximate surface area is 125 Å². The van der Waals surface area contributed by atoms with Gasteiger partial charge in [-0.1, -0.05) is 6.92 Å². The molecule has 4 rings (SSSR count). The minimum atomic E-state index is -0.760. The van der Waals surface area contributed by atoms with Crippen LogP contribution >= 0.6 is 0 Å². The van der Waals surface area contributed by atoms with Crippen molar-refractivity contribution in [3.63, 3.8) is 0 Å². The molecule has 114 valence electrons. The van der Waals surface area contributed by atoms with Crippen LogP contribution in [0.4, 0.5) is 0 Å². The van der Waals surface area contributed by atoms with Crippen LogP contribution in [0.2, 0.25) is 0 Å². The van der Waals surface area contributed by atoms with Gasteiger partial charge in [0.15, 0.2) is 5.78 Å². The number of carbonyl (C=O) groups excluding carboxylic acids is 2. The molecule has 3 saturated carbocycles. The standard InChI is InChI=1S/C18H24O3/c1-17-8-7-15-13(14(17)4-5-16(17)20)3-2-11-10-12(19)6-9-18(11,15)21/h10,13-15,21H,2-9H2,1H3/t13-,14-,15-,17-,18+/m0/s1. The van der Waals surface area contributed by atoms with Gasteiger partial charge in [0, 0.05) is 18.3 Å². The summed E-state index contributed by atoms with van der Waals surface area (Å²) in [7, 11) is 0. The molecule has 3 heteroatoms. The second-order valence-electron chi connectivity index (χ2n) is 7.89. The van der Waals surface area contributed by atoms with Gasteiger partial charge in [0.25, 0.3) is 0 Å². The van der Waals surface area contributed by atoms with Gasteiger partial charge in [0.05, 0.1) is 5.60 Å². The van der Waals surface area contributed by atoms with E-state index in [4.69, 9.17) is 0 Å². The summed E-state index contributed by atoms with van der Waals surface area (Å²) in [6.07, 6.45) is 8.25. The number of hydrogen-bond donors (Lipinski definition) is 1. The molecule has 0 aromatic rings. The number of fused-ring (bicyclic) bond motifs is 5. The van der Waals surface area contributed by atoms with Gasteiger partial charge in [-0.2, -0.15) is 0 Å². The number of ketones is 2. The van der Waals surface area contributed by atoms with E-state index in [1.54, 1.807) is 6.08 Å². The molecule has 0 bridgehead atoms. The van der Waals surface area contributed by atoms with Crippen LogP contribution in [0, 0.1) is 23.2 Å². The van der Waals surface area contributed by atoms with Crippen LogP contribution in [0.15, 0.2) is 11.6 Å². The Bertz CT molecular complexity index is 549. The van der Waals surface area contributed by atoms with Gasteiger partial charge < -0.3 is 5.11 Å². The highest BCUT2D eigenvalue weighted by Gasteiger charge is 2.59. The van der Waals surface area contributed by atoms with Gasteiger partial charge in [-0.15, -0.1) is 0 Å². The molecule has 21 heavy (non-hydrogen) atoms. The zero-order valence-electron chi connectivity index (χ0n) is 12.7. The van der Waals surface area contributed by atoms with Crippen molar-refractivity contribution in [3.05, 3.63) is 11.6 Å². The fourth-order valence-electron chi connectivity index (χ4n) is 5.95. The maximum atomic E-state index is 12.3. The summed E-state index contributed by atoms with van der Waals surface area (Å²) < 4.78 is 0. The lowest BCUT2D eigenvalue weighted by Crippen LogP contribution is -2.55. The number of aliphatic hydroxyl groups is 1. The van der Waals surface area contributed by atoms with E-state index in [0.29, 0.717) is 30.5 Å². The summed E-state index contributed by atoms with van der Waals surface area (Å²) in [4.78, 5) is 24.0. The molecule has 0 unspecified atom stereocenters. The molecule has 0 saturated heterocycles. The van der Waals surface area contributed by atoms with Crippen molar-refractivity contribution >= 4 is 11.6 Å². The third-order valence-corrected chi connectivity index (χ3v) is 7.15. The van der Waals surface area contributed by atoms with Gasteiger partial charge in [0.2, 0.25) is 0 Å². The van der Waals surface area contributed by atoms with E-state index in [9.17, 15) is 14.7 Å². The Hall–Kier alpha value is -0.960. The lowest BCUT2D eigenvalue weighted by Gasteiger charge is -2.55. The van der Waals surface area contributed by atoms with Crippen molar-refractivity contribution in [1.29, 1.82) is 0 Å². The van der Waals surface area contributed by atoms with E-state index in [-0.39, 0.29) is 17.1 Å². The van der Waals surface area contributed by atoms with E-state index < -0.39 is 5.60 Å². The van der Waals surface area contributed by atoms with Crippen molar-refractivity contribution in [2.24, 2.45) is 23.2 Å². The second kappa shape index (κ2) is 4.28. The Kier molecular flexibility index (Phi) is 2.79. The highest BCUT2D eigenvalue weighted by molar-refractivity contribution is 5.92. The molecule has 0 aromatic carbocycles. The van der Waals surface area contributed by atoms with E-state index in [1.807, 2.05) is 0 Å². The Morgan fingerprint density at radius 3 is 2.67 bits per heavy atom. The van der Waals surface area contributed by atoms with Crippen LogP contribution in [-0.4, -0.2) is 22.3 Å². The summed E-state index contributed by atoms with van der Waals surface area (Å²) >= 11 is 0. The first-order chi connectivity index (χ1) is 9.95. The topological polar surface area (TPSA) is 54.4 Å². The normalized spacial score (nSPS) is 49.2. The Balaban J connectivity index is 1.70. The summed E-state index contributed by atoms with van der Waals surface area (Å²) in [6, 6.07) is 0. The molecule has 0 amide bonds. The van der Waals surface area contributed by atoms with E-state index >= 15 is 0 Å². The first kappa shape index (κ1) is 13.7. The van der Waals surface area contributed by atoms with Crippen LogP contribution in [-0.2, 0) is 9.59 Å². The molecular weight excluding hydrogens is 264 g/mol. The smallest absolute Gasteiger partial charge is 0.155 e. The van der Waals surface area contributed by atoms with Crippen LogP contribution in [0.5, 0.6) is 0 Å². The minimum absolute atomic E-state index is 0.136. The fraction of sp³-hybridized carbons (Fsp3) is 0.778. The molecule has 0 aromatic heterocycles. The molecule has 3 nitrogen and oxygen atoms in total. The van der Waals surface area contributed by atoms with E-state index in [1.165, 1.54) is 0 Å². The fourth-order valence-corrected chi connectivity index (χ4v) is 5.95. The van der Waals surface area contributed by atoms with Crippen molar-refractivity contribution in [3.8, 4) is 0 Å². The minimum Gasteiger partial charge on any atom is -0.385 e. The van der Waals surface area contributed by atoms with Gasteiger partial charge >= 0.3 is 0 Å². The predicted molar refractivity (Wildman–Crippen MR) is 78.6 cm³/mol. The molecular formula is C18H24O3. The molecule has 1 N–H and O–H groups in total. The van der Waals surface area contributed by atoms with Crippen LogP contribution in [0.1, 0.15) is 58.3 Å². The Morgan fingerprint density at radius 2 is 1.86 bits per heavy atom. The number of Topliss-reactive ketones (excluding diaryl/α,β-unsaturated/α-hetero) is 1. The monoisotopic (exact) mass is 288 g/mol. The number of hydrogen-bond acceptors (Lipinski definition) is 3. The maximum Gasteiger partial charge on any atom is 0.155 e. The molecule has 0 aliphatic heterocycles. The third-order valence-electron chi connectivity index (χ3n) is 7.15. The average Bonchev–Trinajstić information content (AvgIpc) is 2.76. The predicted octanol–water partition coefficient (Wildman–Crippen LogP) is 2.81. The molecule has 4 aliphatic carbocycles. The summed E-state index contributed by atoms with van der Waals surface area (Å²) in [6.45, 7) is 2.16. The molecule has 5 atom stereocenters. The summed E-state index contributed by atoms with van der Waals surface area (Å²) in [5.41, 5.74) is 0.0838. The second-order valence-corrected chi connectivity index (χ2v) is 7.89. The van der Waals surface area contributed by atoms with Gasteiger partial charge in [0.1, 0.15) is 5.78 Å². The van der Waals surface area contributed by atoms with Crippen molar-refractivity contribution in [2.75, 3.05) is 0 Å². The number of rotatable bonds is 0. The number of carbonyl (C=O) groups is 2. The largest absolute Gasteiger partial charge is 0.385 e. The first-order valence-electron chi connectivity index (χ1n) is 8.45. The highest BCUT2D eigenvalue weighted by atomic mass is 16.3. The molecule has 0 spiro atoms. The van der Waals surface area contributed by atoms with Crippen molar-refractivity contribution in [2.45, 2.75) is 63.9 Å². The SMILES string of the molecule is C[C@]12CC[C@H]3[C@@H](CCC4=CC(=O)CC[C@@]43O)[C@@H]1CCC2=O. The molecule has 0 heterocycles. The van der Waals surface area contributed by atoms with Crippen LogP contribution in [0.25, 0.3) is 0 Å². The van der Waals surface area contributed by atoms with Gasteiger partial charge in [-0.05, 0) is 67.9 Å². The summed E-state index contributed by atoms with van der Waals surface area (Å²) in [5.74, 6) is 1.79. The van der Waals surface area contributed by atoms with Crippen LogP contribution in [0.3, 0.4) is 0 Å². The van der Waals surface area contributed by atoms with Crippen molar-refractivity contribution < 1.29 is 14.7 Å². The van der Waals surface area contributed by atoms with E-state index in [2.05, 4.69) is 6.92 Å². The third kappa shape index (κ3) is 1.70. The summed E-state index contributed by atoms with van der Waals surface area (Å²) in [5, 5.41) is 11.3. The average molecular weight is 288 g/mol. The molecule has 0 radical (unpaired) electrons. The quantitative estimate of drug-likeness (QED) is 0.745. The van der Waals surface area contributed by atoms with Gasteiger partial charge in [-0.3, -0.25) is 9.59 Å². The molecule has 3 fully saturated rings. The zero-order chi connectivity index (χ0) is 14.8. The van der Waals surface area contributed by atoms with Crippen LogP contribution < -0.4 is 0 Å². The zero-order valence-corrected chi connectivity index (χ0v) is 12.7. The van der Waals surface area contributed by atoms with Gasteiger partial charge in [-0.25, -0.2) is 0 Å². The molecule has 4 aliphatic rings. The van der Waals surface area contributed by atoms with Crippen molar-refractivity contribution in [1.82, 2.24) is 0 Å². The lowest BCUT2D eigenvalue weighted by molar-refractivity contribution is -0.138. The van der Waals surface area contributed by atoms with E-state index in [0.717, 1.165) is 44.1 Å². The highest BCUT2D eigenvalue weighted by Crippen LogP contribution is 2.61. The maximum absolute atomic E-state index is 12.3. The Morgan fingerprint density at radius 1 is 1.05 bits per heavy atom. The first-order valence-corrected chi connectivity index (χ1v) is 8.45. The lowest BCUT2D eigenvalue weighted by atomic mass is 9.51.